The largest absolute Gasteiger partial charge is 0.462 e. The Bertz CT molecular complexity index is 1690. The number of thioether (sulfide) groups is 1. The van der Waals surface area contributed by atoms with E-state index in [1.54, 1.807) is 25.1 Å². The smallest absolute Gasteiger partial charge is 0.341 e. The Hall–Kier alpha value is -4.48. The third-order valence-corrected chi connectivity index (χ3v) is 9.60. The van der Waals surface area contributed by atoms with Crippen LogP contribution in [-0.4, -0.2) is 29.3 Å². The van der Waals surface area contributed by atoms with E-state index < -0.39 is 22.0 Å². The second kappa shape index (κ2) is 14.3. The van der Waals surface area contributed by atoms with E-state index in [-0.39, 0.29) is 23.8 Å². The highest BCUT2D eigenvalue weighted by atomic mass is 32.2. The number of ether oxygens (including phenoxy) is 1. The van der Waals surface area contributed by atoms with Crippen molar-refractivity contribution >= 4 is 57.3 Å². The van der Waals surface area contributed by atoms with Crippen LogP contribution in [-0.2, 0) is 22.4 Å². The number of amides is 2. The molecule has 1 heterocycles. The highest BCUT2D eigenvalue weighted by Crippen LogP contribution is 2.41. The van der Waals surface area contributed by atoms with Crippen LogP contribution in [0.4, 0.5) is 16.4 Å². The van der Waals surface area contributed by atoms with Gasteiger partial charge in [0.05, 0.1) is 17.1 Å². The first kappa shape index (κ1) is 31.0. The minimum absolute atomic E-state index is 0.158. The summed E-state index contributed by atoms with van der Waals surface area (Å²) in [4.78, 5) is 52.3. The Kier molecular flexibility index (Phi) is 10.1. The summed E-state index contributed by atoms with van der Waals surface area (Å²) in [6.07, 6.45) is 4.78. The number of fused-ring (bicyclic) bond motifs is 1. The van der Waals surface area contributed by atoms with E-state index in [0.717, 1.165) is 53.0 Å². The van der Waals surface area contributed by atoms with Gasteiger partial charge in [0.1, 0.15) is 10.3 Å². The van der Waals surface area contributed by atoms with Crippen molar-refractivity contribution in [3.8, 4) is 0 Å². The van der Waals surface area contributed by atoms with Gasteiger partial charge in [-0.2, -0.15) is 0 Å². The number of hydrogen-bond acceptors (Lipinski definition) is 8. The van der Waals surface area contributed by atoms with Crippen molar-refractivity contribution in [1.29, 1.82) is 0 Å². The molecule has 2 N–H and O–H groups in total. The van der Waals surface area contributed by atoms with Crippen molar-refractivity contribution < 1.29 is 24.0 Å². The summed E-state index contributed by atoms with van der Waals surface area (Å²) in [6.45, 7) is 2.01. The first-order valence-corrected chi connectivity index (χ1v) is 16.0. The molecular weight excluding hydrogens is 599 g/mol. The number of anilines is 2. The molecule has 1 atom stereocenters. The number of aryl methyl sites for hydroxylation is 1. The molecule has 0 spiro atoms. The molecule has 0 bridgehead atoms. The number of nitrogens with one attached hydrogen (secondary N) is 2. The third-order valence-electron chi connectivity index (χ3n) is 7.14. The molecule has 2 amide bonds. The van der Waals surface area contributed by atoms with Gasteiger partial charge in [0.2, 0.25) is 5.91 Å². The number of hydrogen-bond donors (Lipinski definition) is 2. The Morgan fingerprint density at radius 1 is 0.955 bits per heavy atom. The van der Waals surface area contributed by atoms with Crippen LogP contribution in [0.15, 0.2) is 83.8 Å². The SMILES string of the molecule is CCOC(=O)c1c(NC(=O)C(Sc2cccc(NC(=O)c3cccc([N+](=O)[O-])c3)c2)c2ccccc2)sc2c1CCCCC2. The van der Waals surface area contributed by atoms with Crippen molar-refractivity contribution in [1.82, 2.24) is 0 Å². The first-order valence-electron chi connectivity index (χ1n) is 14.3. The van der Waals surface area contributed by atoms with Crippen LogP contribution in [0.2, 0.25) is 0 Å². The standard InChI is InChI=1S/C33H31N3O6S2/c1-2-42-33(39)28-26-17-7-4-8-18-27(26)44-32(28)35-31(38)29(21-11-5-3-6-12-21)43-25-16-10-14-23(20-25)34-30(37)22-13-9-15-24(19-22)36(40)41/h3,5-6,9-16,19-20,29H,2,4,7-8,17-18H2,1H3,(H,34,37)(H,35,38). The van der Waals surface area contributed by atoms with E-state index in [0.29, 0.717) is 16.3 Å². The number of thiophene rings is 1. The average molecular weight is 630 g/mol. The molecule has 1 aromatic heterocycles. The van der Waals surface area contributed by atoms with E-state index in [9.17, 15) is 24.5 Å². The van der Waals surface area contributed by atoms with Crippen LogP contribution in [0.1, 0.15) is 68.2 Å². The summed E-state index contributed by atoms with van der Waals surface area (Å²) in [7, 11) is 0. The molecule has 0 fully saturated rings. The molecule has 5 rings (SSSR count). The minimum atomic E-state index is -0.670. The second-order valence-electron chi connectivity index (χ2n) is 10.2. The fourth-order valence-corrected chi connectivity index (χ4v) is 7.44. The fraction of sp³-hybridized carbons (Fsp3) is 0.242. The van der Waals surface area contributed by atoms with Crippen LogP contribution in [0.5, 0.6) is 0 Å². The maximum absolute atomic E-state index is 14.0. The molecule has 0 aliphatic heterocycles. The molecule has 44 heavy (non-hydrogen) atoms. The number of carbonyl (C=O) groups is 3. The van der Waals surface area contributed by atoms with E-state index >= 15 is 0 Å². The highest BCUT2D eigenvalue weighted by molar-refractivity contribution is 8.00. The predicted octanol–water partition coefficient (Wildman–Crippen LogP) is 7.83. The minimum Gasteiger partial charge on any atom is -0.462 e. The molecule has 0 radical (unpaired) electrons. The second-order valence-corrected chi connectivity index (χ2v) is 12.5. The zero-order valence-electron chi connectivity index (χ0n) is 24.0. The Morgan fingerprint density at radius 2 is 1.73 bits per heavy atom. The number of non-ortho nitro benzene ring substituents is 1. The van der Waals surface area contributed by atoms with E-state index in [1.807, 2.05) is 36.4 Å². The van der Waals surface area contributed by atoms with Crippen molar-refractivity contribution in [3.63, 3.8) is 0 Å². The van der Waals surface area contributed by atoms with Gasteiger partial charge in [-0.25, -0.2) is 4.79 Å². The summed E-state index contributed by atoms with van der Waals surface area (Å²) in [5.41, 5.74) is 2.68. The number of carbonyl (C=O) groups excluding carboxylic acids is 3. The summed E-state index contributed by atoms with van der Waals surface area (Å²) in [6, 6.07) is 21.9. The van der Waals surface area contributed by atoms with Gasteiger partial charge in [-0.15, -0.1) is 23.1 Å². The maximum Gasteiger partial charge on any atom is 0.341 e. The first-order chi connectivity index (χ1) is 21.3. The summed E-state index contributed by atoms with van der Waals surface area (Å²) in [5, 5.41) is 16.8. The molecule has 9 nitrogen and oxygen atoms in total. The normalized spacial score (nSPS) is 13.2. The molecule has 0 saturated carbocycles. The third kappa shape index (κ3) is 7.35. The van der Waals surface area contributed by atoms with Crippen molar-refractivity contribution in [2.75, 3.05) is 17.2 Å². The van der Waals surface area contributed by atoms with Crippen LogP contribution in [0.3, 0.4) is 0 Å². The van der Waals surface area contributed by atoms with Crippen LogP contribution in [0, 0.1) is 10.1 Å². The lowest BCUT2D eigenvalue weighted by molar-refractivity contribution is -0.384. The predicted molar refractivity (Wildman–Crippen MR) is 173 cm³/mol. The van der Waals surface area contributed by atoms with Gasteiger partial charge < -0.3 is 15.4 Å². The van der Waals surface area contributed by atoms with Crippen molar-refractivity contribution in [2.45, 2.75) is 49.2 Å². The number of nitro benzene ring substituents is 1. The fourth-order valence-electron chi connectivity index (χ4n) is 5.08. The quantitative estimate of drug-likeness (QED) is 0.0602. The van der Waals surface area contributed by atoms with Gasteiger partial charge in [-0.05, 0) is 68.0 Å². The molecule has 226 valence electrons. The lowest BCUT2D eigenvalue weighted by atomic mass is 10.1. The Balaban J connectivity index is 1.40. The number of benzene rings is 3. The van der Waals surface area contributed by atoms with Gasteiger partial charge in [0, 0.05) is 33.2 Å². The van der Waals surface area contributed by atoms with Crippen LogP contribution < -0.4 is 10.6 Å². The van der Waals surface area contributed by atoms with Gasteiger partial charge in [0.25, 0.3) is 11.6 Å². The maximum atomic E-state index is 14.0. The summed E-state index contributed by atoms with van der Waals surface area (Å²) < 4.78 is 5.39. The number of esters is 1. The molecule has 1 aliphatic rings. The Morgan fingerprint density at radius 3 is 2.50 bits per heavy atom. The number of nitrogens with zero attached hydrogens (tertiary/aromatic N) is 1. The average Bonchev–Trinajstić information content (AvgIpc) is 3.20. The summed E-state index contributed by atoms with van der Waals surface area (Å²) in [5.74, 6) is -1.19. The number of rotatable bonds is 10. The van der Waals surface area contributed by atoms with Crippen LogP contribution >= 0.6 is 23.1 Å². The molecule has 3 aromatic carbocycles. The molecular formula is C33H31N3O6S2. The monoisotopic (exact) mass is 629 g/mol. The molecule has 0 saturated heterocycles. The van der Waals surface area contributed by atoms with Crippen LogP contribution in [0.25, 0.3) is 0 Å². The van der Waals surface area contributed by atoms with E-state index in [2.05, 4.69) is 10.6 Å². The van der Waals surface area contributed by atoms with E-state index in [4.69, 9.17) is 4.74 Å². The zero-order chi connectivity index (χ0) is 31.1. The lowest BCUT2D eigenvalue weighted by Gasteiger charge is -2.18. The van der Waals surface area contributed by atoms with Gasteiger partial charge >= 0.3 is 5.97 Å². The topological polar surface area (TPSA) is 128 Å². The van der Waals surface area contributed by atoms with Crippen molar-refractivity contribution in [3.05, 3.63) is 116 Å². The lowest BCUT2D eigenvalue weighted by Crippen LogP contribution is -2.20. The molecule has 1 unspecified atom stereocenters. The molecule has 4 aromatic rings. The molecule has 11 heteroatoms. The number of nitro groups is 1. The van der Waals surface area contributed by atoms with E-state index in [1.165, 1.54) is 47.4 Å². The van der Waals surface area contributed by atoms with Crippen molar-refractivity contribution in [2.24, 2.45) is 0 Å². The van der Waals surface area contributed by atoms with Gasteiger partial charge in [0.15, 0.2) is 0 Å². The highest BCUT2D eigenvalue weighted by Gasteiger charge is 2.29. The zero-order valence-corrected chi connectivity index (χ0v) is 25.7. The Labute approximate surface area is 263 Å². The van der Waals surface area contributed by atoms with Gasteiger partial charge in [-0.1, -0.05) is 48.9 Å². The van der Waals surface area contributed by atoms with Gasteiger partial charge in [-0.3, -0.25) is 19.7 Å². The molecule has 1 aliphatic carbocycles. The summed E-state index contributed by atoms with van der Waals surface area (Å²) >= 11 is 2.77.